The molecule has 0 unspecified atom stereocenters. The predicted octanol–water partition coefficient (Wildman–Crippen LogP) is 17.5. The smallest absolute Gasteiger partial charge is 0.0541 e. The molecule has 0 spiro atoms. The van der Waals surface area contributed by atoms with E-state index in [9.17, 15) is 0 Å². The molecule has 0 atom stereocenters. The zero-order valence-electron chi connectivity index (χ0n) is 36.7. The molecular weight excluding hydrogens is 811 g/mol. The van der Waals surface area contributed by atoms with Crippen LogP contribution in [0.15, 0.2) is 261 Å². The first kappa shape index (κ1) is 38.5. The van der Waals surface area contributed by atoms with Gasteiger partial charge in [0, 0.05) is 50.0 Å². The topological polar surface area (TPSA) is 13.1 Å². The van der Waals surface area contributed by atoms with Gasteiger partial charge in [0.1, 0.15) is 0 Å². The van der Waals surface area contributed by atoms with Crippen LogP contribution in [-0.2, 0) is 0 Å². The van der Waals surface area contributed by atoms with Crippen molar-refractivity contribution in [2.24, 2.45) is 0 Å². The first-order chi connectivity index (χ1) is 33.2. The van der Waals surface area contributed by atoms with Crippen molar-refractivity contribution in [1.29, 1.82) is 0 Å². The van der Waals surface area contributed by atoms with E-state index < -0.39 is 0 Å². The lowest BCUT2D eigenvalue weighted by atomic mass is 9.98. The number of aromatic nitrogens is 2. The van der Waals surface area contributed by atoms with E-state index in [0.717, 1.165) is 28.4 Å². The van der Waals surface area contributed by atoms with Crippen molar-refractivity contribution in [2.75, 3.05) is 4.90 Å². The lowest BCUT2D eigenvalue weighted by Crippen LogP contribution is -2.10. The average Bonchev–Trinajstić information content (AvgIpc) is 3.92. The number of nitrogens with zero attached hydrogens (tertiary/aromatic N) is 3. The second kappa shape index (κ2) is 16.0. The lowest BCUT2D eigenvalue weighted by molar-refractivity contribution is 1.17. The van der Waals surface area contributed by atoms with E-state index in [2.05, 4.69) is 275 Å². The third kappa shape index (κ3) is 6.67. The van der Waals surface area contributed by atoms with Crippen molar-refractivity contribution in [3.05, 3.63) is 261 Å². The number of hydrogen-bond donors (Lipinski definition) is 0. The van der Waals surface area contributed by atoms with E-state index >= 15 is 0 Å². The van der Waals surface area contributed by atoms with Crippen molar-refractivity contribution >= 4 is 71.4 Å². The molecule has 67 heavy (non-hydrogen) atoms. The number of para-hydroxylation sites is 4. The van der Waals surface area contributed by atoms with Crippen LogP contribution in [0.2, 0.25) is 0 Å². The van der Waals surface area contributed by atoms with E-state index in [4.69, 9.17) is 0 Å². The van der Waals surface area contributed by atoms with Crippen molar-refractivity contribution in [1.82, 2.24) is 9.13 Å². The molecule has 0 radical (unpaired) electrons. The molecule has 11 aromatic carbocycles. The van der Waals surface area contributed by atoms with Crippen LogP contribution in [-0.4, -0.2) is 9.13 Å². The van der Waals surface area contributed by atoms with E-state index in [0.29, 0.717) is 0 Å². The Morgan fingerprint density at radius 1 is 0.224 bits per heavy atom. The summed E-state index contributed by atoms with van der Waals surface area (Å²) < 4.78 is 4.74. The summed E-state index contributed by atoms with van der Waals surface area (Å²) in [6.45, 7) is 0. The van der Waals surface area contributed by atoms with Gasteiger partial charge in [-0.25, -0.2) is 0 Å². The molecule has 2 heterocycles. The van der Waals surface area contributed by atoms with E-state index in [-0.39, 0.29) is 0 Å². The minimum Gasteiger partial charge on any atom is -0.311 e. The number of benzene rings is 11. The van der Waals surface area contributed by atoms with Crippen molar-refractivity contribution in [3.63, 3.8) is 0 Å². The van der Waals surface area contributed by atoms with Gasteiger partial charge >= 0.3 is 0 Å². The lowest BCUT2D eigenvalue weighted by Gasteiger charge is -2.26. The summed E-state index contributed by atoms with van der Waals surface area (Å²) >= 11 is 0. The summed E-state index contributed by atoms with van der Waals surface area (Å²) in [5, 5.41) is 7.57. The van der Waals surface area contributed by atoms with Gasteiger partial charge in [-0.15, -0.1) is 0 Å². The van der Waals surface area contributed by atoms with Crippen molar-refractivity contribution < 1.29 is 0 Å². The fourth-order valence-electron chi connectivity index (χ4n) is 10.2. The highest BCUT2D eigenvalue weighted by Crippen LogP contribution is 2.40. The number of rotatable bonds is 8. The molecule has 0 saturated carbocycles. The molecular formula is C64H43N3. The summed E-state index contributed by atoms with van der Waals surface area (Å²) in [6, 6.07) is 94.8. The quantitative estimate of drug-likeness (QED) is 0.148. The molecule has 0 aliphatic rings. The predicted molar refractivity (Wildman–Crippen MR) is 284 cm³/mol. The molecule has 13 rings (SSSR count). The zero-order valence-corrected chi connectivity index (χ0v) is 36.7. The second-order valence-corrected chi connectivity index (χ2v) is 17.4. The number of anilines is 3. The van der Waals surface area contributed by atoms with Gasteiger partial charge in [0.15, 0.2) is 0 Å². The SMILES string of the molecule is c1ccc2cc(-c3ccc(-c4ccc(N(c5ccc(-c6ccc(-n7c8ccccc8c8ccccc87)cc6)cc5)c5ccc(-n6c7ccccc7c7ccccc76)cc5)cc4)cc3)ccc2c1. The minimum atomic E-state index is 1.08. The normalized spacial score (nSPS) is 11.6. The molecule has 2 aromatic heterocycles. The Kier molecular flexibility index (Phi) is 9.17. The summed E-state index contributed by atoms with van der Waals surface area (Å²) in [6.07, 6.45) is 0. The van der Waals surface area contributed by atoms with Crippen molar-refractivity contribution in [3.8, 4) is 44.8 Å². The Morgan fingerprint density at radius 3 is 0.925 bits per heavy atom. The van der Waals surface area contributed by atoms with Gasteiger partial charge in [-0.05, 0) is 135 Å². The van der Waals surface area contributed by atoms with Gasteiger partial charge in [-0.3, -0.25) is 0 Å². The van der Waals surface area contributed by atoms with Crippen LogP contribution in [0.3, 0.4) is 0 Å². The maximum atomic E-state index is 2.38. The highest BCUT2D eigenvalue weighted by Gasteiger charge is 2.17. The van der Waals surface area contributed by atoms with Gasteiger partial charge in [-0.1, -0.05) is 170 Å². The van der Waals surface area contributed by atoms with Gasteiger partial charge in [0.25, 0.3) is 0 Å². The fourth-order valence-corrected chi connectivity index (χ4v) is 10.2. The number of fused-ring (bicyclic) bond motifs is 7. The Bertz CT molecular complexity index is 3830. The summed E-state index contributed by atoms with van der Waals surface area (Å²) in [7, 11) is 0. The zero-order chi connectivity index (χ0) is 44.3. The molecule has 3 heteroatoms. The second-order valence-electron chi connectivity index (χ2n) is 17.4. The maximum absolute atomic E-state index is 2.38. The maximum Gasteiger partial charge on any atom is 0.0541 e. The van der Waals surface area contributed by atoms with Crippen LogP contribution in [0, 0.1) is 0 Å². The Morgan fingerprint density at radius 2 is 0.507 bits per heavy atom. The van der Waals surface area contributed by atoms with Crippen LogP contribution in [0.1, 0.15) is 0 Å². The molecule has 0 N–H and O–H groups in total. The fraction of sp³-hybridized carbons (Fsp3) is 0. The van der Waals surface area contributed by atoms with Crippen LogP contribution in [0.5, 0.6) is 0 Å². The number of hydrogen-bond acceptors (Lipinski definition) is 1. The van der Waals surface area contributed by atoms with E-state index in [1.807, 2.05) is 0 Å². The van der Waals surface area contributed by atoms with Crippen LogP contribution >= 0.6 is 0 Å². The Balaban J connectivity index is 0.843. The highest BCUT2D eigenvalue weighted by atomic mass is 15.1. The van der Waals surface area contributed by atoms with Gasteiger partial charge in [0.05, 0.1) is 22.1 Å². The van der Waals surface area contributed by atoms with Crippen LogP contribution < -0.4 is 4.90 Å². The summed E-state index contributed by atoms with van der Waals surface area (Å²) in [5.74, 6) is 0. The molecule has 0 bridgehead atoms. The molecule has 0 aliphatic carbocycles. The van der Waals surface area contributed by atoms with E-state index in [1.54, 1.807) is 0 Å². The summed E-state index contributed by atoms with van der Waals surface area (Å²) in [5.41, 5.74) is 17.5. The van der Waals surface area contributed by atoms with Crippen molar-refractivity contribution in [2.45, 2.75) is 0 Å². The molecule has 0 amide bonds. The highest BCUT2D eigenvalue weighted by molar-refractivity contribution is 6.10. The van der Waals surface area contributed by atoms with Gasteiger partial charge in [0.2, 0.25) is 0 Å². The molecule has 0 aliphatic heterocycles. The largest absolute Gasteiger partial charge is 0.311 e. The van der Waals surface area contributed by atoms with Crippen LogP contribution in [0.4, 0.5) is 17.1 Å². The Hall–Kier alpha value is -8.92. The molecule has 0 saturated heterocycles. The third-order valence-corrected chi connectivity index (χ3v) is 13.5. The Labute approximate surface area is 389 Å². The van der Waals surface area contributed by atoms with Gasteiger partial charge in [-0.2, -0.15) is 0 Å². The molecule has 314 valence electrons. The first-order valence-electron chi connectivity index (χ1n) is 23.0. The molecule has 0 fully saturated rings. The average molecular weight is 854 g/mol. The van der Waals surface area contributed by atoms with E-state index in [1.165, 1.54) is 87.8 Å². The monoisotopic (exact) mass is 853 g/mol. The minimum absolute atomic E-state index is 1.08. The summed E-state index contributed by atoms with van der Waals surface area (Å²) in [4.78, 5) is 2.36. The molecule has 3 nitrogen and oxygen atoms in total. The van der Waals surface area contributed by atoms with Crippen LogP contribution in [0.25, 0.3) is 99.1 Å². The third-order valence-electron chi connectivity index (χ3n) is 13.5. The molecule has 13 aromatic rings. The van der Waals surface area contributed by atoms with Gasteiger partial charge < -0.3 is 14.0 Å². The first-order valence-corrected chi connectivity index (χ1v) is 23.0. The standard InChI is InChI=1S/C64H43N3/c1-2-12-50-43-51(26-25-44(50)11-1)49-23-21-45(22-24-49)46-27-33-52(34-28-46)65(54-39-41-56(42-40-54)67-63-19-9-5-15-59(63)60-16-6-10-20-64(60)67)53-35-29-47(30-36-53)48-31-37-55(38-32-48)66-61-17-7-3-13-57(61)58-14-4-8-18-62(58)66/h1-43H.